The number of hydrogen-bond donors (Lipinski definition) is 1. The molecule has 0 radical (unpaired) electrons. The molecule has 1 aromatic heterocycles. The number of esters is 1. The first-order valence-corrected chi connectivity index (χ1v) is 9.07. The van der Waals surface area contributed by atoms with E-state index in [-0.39, 0.29) is 12.2 Å². The summed E-state index contributed by atoms with van der Waals surface area (Å²) >= 11 is 1.04. The normalized spacial score (nSPS) is 11.9. The molecule has 0 fully saturated rings. The minimum absolute atomic E-state index is 0.0145. The van der Waals surface area contributed by atoms with Crippen LogP contribution >= 0.6 is 11.7 Å². The second-order valence-corrected chi connectivity index (χ2v) is 6.45. The van der Waals surface area contributed by atoms with Crippen molar-refractivity contribution in [3.63, 3.8) is 0 Å². The number of hydrogen-bond acceptors (Lipinski definition) is 9. The van der Waals surface area contributed by atoms with Crippen molar-refractivity contribution >= 4 is 28.7 Å². The lowest BCUT2D eigenvalue weighted by Crippen LogP contribution is -2.11. The Morgan fingerprint density at radius 3 is 2.32 bits per heavy atom. The molecule has 0 aliphatic rings. The first kappa shape index (κ1) is 19.7. The van der Waals surface area contributed by atoms with Crippen LogP contribution in [0, 0.1) is 0 Å². The molecular weight excluding hydrogens is 384 g/mol. The molecule has 0 amide bonds. The first-order chi connectivity index (χ1) is 13.5. The van der Waals surface area contributed by atoms with Crippen molar-refractivity contribution in [2.75, 3.05) is 28.4 Å². The van der Waals surface area contributed by atoms with Crippen LogP contribution in [0.3, 0.4) is 0 Å². The summed E-state index contributed by atoms with van der Waals surface area (Å²) in [6, 6.07) is 6.71. The zero-order chi connectivity index (χ0) is 20.3. The van der Waals surface area contributed by atoms with Crippen LogP contribution in [0.5, 0.6) is 23.0 Å². The van der Waals surface area contributed by atoms with Crippen LogP contribution in [0.15, 0.2) is 24.3 Å². The van der Waals surface area contributed by atoms with E-state index in [9.17, 15) is 9.90 Å². The fourth-order valence-corrected chi connectivity index (χ4v) is 3.69. The Morgan fingerprint density at radius 1 is 1.07 bits per heavy atom. The lowest BCUT2D eigenvalue weighted by molar-refractivity contribution is -0.140. The Hall–Kier alpha value is -3.07. The minimum Gasteiger partial charge on any atom is -0.508 e. The van der Waals surface area contributed by atoms with E-state index in [0.717, 1.165) is 11.7 Å². The van der Waals surface area contributed by atoms with Crippen molar-refractivity contribution in [3.05, 3.63) is 35.4 Å². The number of aromatic hydroxyl groups is 1. The summed E-state index contributed by atoms with van der Waals surface area (Å²) < 4.78 is 29.6. The standard InChI is InChI=1S/C19H20N2O6S/c1-24-14-7-10(8-15(25-2)19(14)27-4)11(9-16(23)26-3)17-13(22)6-5-12-18(17)21-28-20-12/h5-8,11,22H,9H2,1-4H3. The molecule has 1 N–H and O–H groups in total. The van der Waals surface area contributed by atoms with E-state index >= 15 is 0 Å². The number of phenols is 1. The number of benzene rings is 2. The Morgan fingerprint density at radius 2 is 1.75 bits per heavy atom. The summed E-state index contributed by atoms with van der Waals surface area (Å²) in [4.78, 5) is 12.2. The molecule has 28 heavy (non-hydrogen) atoms. The number of rotatable bonds is 7. The summed E-state index contributed by atoms with van der Waals surface area (Å²) in [5.74, 6) is 0.336. The number of methoxy groups -OCH3 is 4. The maximum atomic E-state index is 12.2. The number of carbonyl (C=O) groups excluding carboxylic acids is 1. The van der Waals surface area contributed by atoms with Crippen LogP contribution in [0.25, 0.3) is 11.0 Å². The van der Waals surface area contributed by atoms with Crippen molar-refractivity contribution in [1.82, 2.24) is 8.75 Å². The first-order valence-electron chi connectivity index (χ1n) is 8.34. The van der Waals surface area contributed by atoms with Crippen LogP contribution in [0.4, 0.5) is 0 Å². The summed E-state index contributed by atoms with van der Waals surface area (Å²) in [7, 11) is 5.86. The molecule has 0 aliphatic heterocycles. The zero-order valence-electron chi connectivity index (χ0n) is 15.9. The third-order valence-electron chi connectivity index (χ3n) is 4.48. The number of ether oxygens (including phenoxy) is 4. The van der Waals surface area contributed by atoms with Gasteiger partial charge in [0.1, 0.15) is 16.8 Å². The van der Waals surface area contributed by atoms with Crippen LogP contribution in [-0.4, -0.2) is 48.3 Å². The third-order valence-corrected chi connectivity index (χ3v) is 5.02. The van der Waals surface area contributed by atoms with Gasteiger partial charge in [0.2, 0.25) is 5.75 Å². The molecule has 2 aromatic carbocycles. The molecule has 0 spiro atoms. The second kappa shape index (κ2) is 8.30. The van der Waals surface area contributed by atoms with Crippen molar-refractivity contribution in [1.29, 1.82) is 0 Å². The summed E-state index contributed by atoms with van der Waals surface area (Å²) in [5, 5.41) is 10.6. The SMILES string of the molecule is COC(=O)CC(c1cc(OC)c(OC)c(OC)c1)c1c(O)ccc2nsnc12. The highest BCUT2D eigenvalue weighted by Gasteiger charge is 2.28. The predicted octanol–water partition coefficient (Wildman–Crippen LogP) is 3.12. The molecule has 1 atom stereocenters. The van der Waals surface area contributed by atoms with Crippen molar-refractivity contribution < 1.29 is 28.8 Å². The van der Waals surface area contributed by atoms with E-state index < -0.39 is 11.9 Å². The summed E-state index contributed by atoms with van der Waals surface area (Å²) in [5.41, 5.74) is 2.34. The number of aromatic nitrogens is 2. The van der Waals surface area contributed by atoms with E-state index in [1.165, 1.54) is 28.4 Å². The van der Waals surface area contributed by atoms with Gasteiger partial charge in [-0.3, -0.25) is 4.79 Å². The van der Waals surface area contributed by atoms with Gasteiger partial charge in [-0.2, -0.15) is 8.75 Å². The summed E-state index contributed by atoms with van der Waals surface area (Å²) in [6.45, 7) is 0. The molecule has 8 nitrogen and oxygen atoms in total. The van der Waals surface area contributed by atoms with Gasteiger partial charge < -0.3 is 24.1 Å². The van der Waals surface area contributed by atoms with Gasteiger partial charge in [-0.25, -0.2) is 0 Å². The van der Waals surface area contributed by atoms with E-state index in [0.29, 0.717) is 39.4 Å². The molecule has 3 aromatic rings. The summed E-state index contributed by atoms with van der Waals surface area (Å²) in [6.07, 6.45) is -0.0145. The molecule has 1 heterocycles. The smallest absolute Gasteiger partial charge is 0.306 e. The highest BCUT2D eigenvalue weighted by atomic mass is 32.1. The van der Waals surface area contributed by atoms with Gasteiger partial charge in [-0.1, -0.05) is 0 Å². The average Bonchev–Trinajstić information content (AvgIpc) is 3.19. The number of carbonyl (C=O) groups is 1. The fourth-order valence-electron chi connectivity index (χ4n) is 3.14. The van der Waals surface area contributed by atoms with E-state index in [4.69, 9.17) is 18.9 Å². The second-order valence-electron chi connectivity index (χ2n) is 5.92. The van der Waals surface area contributed by atoms with Crippen LogP contribution < -0.4 is 14.2 Å². The van der Waals surface area contributed by atoms with E-state index in [1.807, 2.05) is 0 Å². The Bertz CT molecular complexity index is 978. The predicted molar refractivity (Wildman–Crippen MR) is 104 cm³/mol. The lowest BCUT2D eigenvalue weighted by atomic mass is 9.86. The maximum absolute atomic E-state index is 12.2. The highest BCUT2D eigenvalue weighted by molar-refractivity contribution is 7.00. The third kappa shape index (κ3) is 3.53. The number of fused-ring (bicyclic) bond motifs is 1. The maximum Gasteiger partial charge on any atom is 0.306 e. The van der Waals surface area contributed by atoms with Gasteiger partial charge in [0.05, 0.1) is 46.6 Å². The van der Waals surface area contributed by atoms with Gasteiger partial charge >= 0.3 is 5.97 Å². The van der Waals surface area contributed by atoms with Crippen molar-refractivity contribution in [3.8, 4) is 23.0 Å². The van der Waals surface area contributed by atoms with Gasteiger partial charge in [0.15, 0.2) is 11.5 Å². The largest absolute Gasteiger partial charge is 0.508 e. The minimum atomic E-state index is -0.561. The molecule has 148 valence electrons. The molecular formula is C19H20N2O6S. The highest BCUT2D eigenvalue weighted by Crippen LogP contribution is 2.45. The molecule has 1 unspecified atom stereocenters. The van der Waals surface area contributed by atoms with E-state index in [2.05, 4.69) is 8.75 Å². The zero-order valence-corrected chi connectivity index (χ0v) is 16.7. The van der Waals surface area contributed by atoms with Crippen molar-refractivity contribution in [2.45, 2.75) is 12.3 Å². The van der Waals surface area contributed by atoms with Crippen LogP contribution in [-0.2, 0) is 9.53 Å². The molecule has 9 heteroatoms. The van der Waals surface area contributed by atoms with Crippen LogP contribution in [0.1, 0.15) is 23.5 Å². The van der Waals surface area contributed by atoms with Gasteiger partial charge in [0.25, 0.3) is 0 Å². The van der Waals surface area contributed by atoms with Crippen molar-refractivity contribution in [2.24, 2.45) is 0 Å². The lowest BCUT2D eigenvalue weighted by Gasteiger charge is -2.21. The Labute approximate surface area is 165 Å². The van der Waals surface area contributed by atoms with E-state index in [1.54, 1.807) is 24.3 Å². The average molecular weight is 404 g/mol. The number of nitrogens with zero attached hydrogens (tertiary/aromatic N) is 2. The Balaban J connectivity index is 2.25. The van der Waals surface area contributed by atoms with Gasteiger partial charge in [-0.15, -0.1) is 0 Å². The fraction of sp³-hybridized carbons (Fsp3) is 0.316. The quantitative estimate of drug-likeness (QED) is 0.600. The molecule has 0 bridgehead atoms. The Kier molecular flexibility index (Phi) is 5.84. The van der Waals surface area contributed by atoms with Gasteiger partial charge in [-0.05, 0) is 29.8 Å². The molecule has 0 saturated carbocycles. The topological polar surface area (TPSA) is 100 Å². The molecule has 3 rings (SSSR count). The molecule has 0 aliphatic carbocycles. The number of phenolic OH excluding ortho intramolecular Hbond substituents is 1. The van der Waals surface area contributed by atoms with Crippen LogP contribution in [0.2, 0.25) is 0 Å². The van der Waals surface area contributed by atoms with Gasteiger partial charge in [0, 0.05) is 11.5 Å². The molecule has 0 saturated heterocycles. The monoisotopic (exact) mass is 404 g/mol.